The molecule has 0 aliphatic heterocycles. The number of aryl methyl sites for hydroxylation is 3. The van der Waals surface area contributed by atoms with Crippen LogP contribution in [0.5, 0.6) is 0 Å². The van der Waals surface area contributed by atoms with E-state index in [2.05, 4.69) is 10.3 Å². The zero-order valence-corrected chi connectivity index (χ0v) is 16.5. The van der Waals surface area contributed by atoms with Gasteiger partial charge in [-0.25, -0.2) is 4.98 Å². The predicted octanol–water partition coefficient (Wildman–Crippen LogP) is 6.26. The van der Waals surface area contributed by atoms with Crippen LogP contribution in [0.2, 0.25) is 0 Å². The minimum absolute atomic E-state index is 0.267. The molecule has 0 saturated heterocycles. The van der Waals surface area contributed by atoms with E-state index in [0.717, 1.165) is 35.4 Å². The van der Waals surface area contributed by atoms with Crippen molar-refractivity contribution >= 4 is 22.9 Å². The SMILES string of the molecule is CCc1cccc(C)c1NC(=O)c1sc(-c2ccc(C(F)(F)F)cc2)nc1C. The Bertz CT molecular complexity index is 1010. The van der Waals surface area contributed by atoms with Gasteiger partial charge in [0.2, 0.25) is 0 Å². The molecule has 3 aromatic rings. The highest BCUT2D eigenvalue weighted by molar-refractivity contribution is 7.17. The second kappa shape index (κ2) is 7.75. The summed E-state index contributed by atoms with van der Waals surface area (Å²) in [6, 6.07) is 10.6. The second-order valence-electron chi connectivity index (χ2n) is 6.43. The molecule has 0 spiro atoms. The lowest BCUT2D eigenvalue weighted by atomic mass is 10.1. The first-order chi connectivity index (χ1) is 13.2. The van der Waals surface area contributed by atoms with E-state index >= 15 is 0 Å². The van der Waals surface area contributed by atoms with Gasteiger partial charge in [0.1, 0.15) is 9.88 Å². The Morgan fingerprint density at radius 1 is 1.11 bits per heavy atom. The Morgan fingerprint density at radius 2 is 1.79 bits per heavy atom. The Labute approximate surface area is 165 Å². The third-order valence-electron chi connectivity index (χ3n) is 4.44. The summed E-state index contributed by atoms with van der Waals surface area (Å²) in [7, 11) is 0. The highest BCUT2D eigenvalue weighted by atomic mass is 32.1. The molecular formula is C21H19F3N2OS. The summed E-state index contributed by atoms with van der Waals surface area (Å²) in [5.74, 6) is -0.267. The van der Waals surface area contributed by atoms with E-state index in [1.54, 1.807) is 6.92 Å². The maximum absolute atomic E-state index is 12.8. The van der Waals surface area contributed by atoms with Gasteiger partial charge in [-0.05, 0) is 43.5 Å². The molecule has 0 unspecified atom stereocenters. The largest absolute Gasteiger partial charge is 0.416 e. The van der Waals surface area contributed by atoms with Gasteiger partial charge in [-0.15, -0.1) is 11.3 Å². The van der Waals surface area contributed by atoms with Crippen LogP contribution in [0.1, 0.15) is 39.0 Å². The fraction of sp³-hybridized carbons (Fsp3) is 0.238. The fourth-order valence-corrected chi connectivity index (χ4v) is 3.87. The number of rotatable bonds is 4. The molecule has 0 atom stereocenters. The normalized spacial score (nSPS) is 11.5. The summed E-state index contributed by atoms with van der Waals surface area (Å²) < 4.78 is 38.2. The highest BCUT2D eigenvalue weighted by Crippen LogP contribution is 2.33. The molecule has 1 N–H and O–H groups in total. The van der Waals surface area contributed by atoms with E-state index in [1.165, 1.54) is 23.5 Å². The van der Waals surface area contributed by atoms with Crippen molar-refractivity contribution in [1.82, 2.24) is 4.98 Å². The van der Waals surface area contributed by atoms with Crippen LogP contribution in [0, 0.1) is 13.8 Å². The molecular weight excluding hydrogens is 385 g/mol. The first-order valence-corrected chi connectivity index (χ1v) is 9.57. The number of alkyl halides is 3. The lowest BCUT2D eigenvalue weighted by Gasteiger charge is -2.12. The van der Waals surface area contributed by atoms with Crippen molar-refractivity contribution in [1.29, 1.82) is 0 Å². The van der Waals surface area contributed by atoms with E-state index in [4.69, 9.17) is 0 Å². The van der Waals surface area contributed by atoms with E-state index < -0.39 is 11.7 Å². The van der Waals surface area contributed by atoms with Crippen molar-refractivity contribution in [3.05, 3.63) is 69.7 Å². The van der Waals surface area contributed by atoms with Crippen LogP contribution in [0.4, 0.5) is 18.9 Å². The highest BCUT2D eigenvalue weighted by Gasteiger charge is 2.30. The number of anilines is 1. The lowest BCUT2D eigenvalue weighted by molar-refractivity contribution is -0.137. The van der Waals surface area contributed by atoms with Gasteiger partial charge in [0, 0.05) is 11.3 Å². The van der Waals surface area contributed by atoms with E-state index in [1.807, 2.05) is 32.0 Å². The van der Waals surface area contributed by atoms with Gasteiger partial charge in [-0.2, -0.15) is 13.2 Å². The number of carbonyl (C=O) groups is 1. The summed E-state index contributed by atoms with van der Waals surface area (Å²) >= 11 is 1.17. The van der Waals surface area contributed by atoms with E-state index in [0.29, 0.717) is 21.1 Å². The third-order valence-corrected chi connectivity index (χ3v) is 5.65. The monoisotopic (exact) mass is 404 g/mol. The Hall–Kier alpha value is -2.67. The summed E-state index contributed by atoms with van der Waals surface area (Å²) in [5, 5.41) is 3.47. The van der Waals surface area contributed by atoms with Gasteiger partial charge < -0.3 is 5.32 Å². The lowest BCUT2D eigenvalue weighted by Crippen LogP contribution is -2.14. The van der Waals surface area contributed by atoms with Crippen LogP contribution in [0.3, 0.4) is 0 Å². The maximum Gasteiger partial charge on any atom is 0.416 e. The van der Waals surface area contributed by atoms with Gasteiger partial charge in [0.15, 0.2) is 0 Å². The zero-order valence-electron chi connectivity index (χ0n) is 15.6. The molecule has 0 aliphatic carbocycles. The van der Waals surface area contributed by atoms with Crippen molar-refractivity contribution < 1.29 is 18.0 Å². The molecule has 146 valence electrons. The van der Waals surface area contributed by atoms with Gasteiger partial charge in [-0.1, -0.05) is 37.3 Å². The van der Waals surface area contributed by atoms with Crippen LogP contribution in [0.25, 0.3) is 10.6 Å². The average molecular weight is 404 g/mol. The summed E-state index contributed by atoms with van der Waals surface area (Å²) in [6.45, 7) is 5.67. The number of aromatic nitrogens is 1. The summed E-state index contributed by atoms with van der Waals surface area (Å²) in [6.07, 6.45) is -3.59. The van der Waals surface area contributed by atoms with Crippen LogP contribution in [-0.2, 0) is 12.6 Å². The number of nitrogens with zero attached hydrogens (tertiary/aromatic N) is 1. The minimum Gasteiger partial charge on any atom is -0.321 e. The van der Waals surface area contributed by atoms with Crippen LogP contribution < -0.4 is 5.32 Å². The molecule has 2 aromatic carbocycles. The number of hydrogen-bond acceptors (Lipinski definition) is 3. The molecule has 3 rings (SSSR count). The molecule has 1 amide bonds. The quantitative estimate of drug-likeness (QED) is 0.558. The Balaban J connectivity index is 1.87. The van der Waals surface area contributed by atoms with Crippen molar-refractivity contribution in [3.63, 3.8) is 0 Å². The summed E-state index contributed by atoms with van der Waals surface area (Å²) in [5.41, 5.74) is 3.18. The molecule has 1 heterocycles. The number of amides is 1. The Morgan fingerprint density at radius 3 is 2.39 bits per heavy atom. The third kappa shape index (κ3) is 4.09. The van der Waals surface area contributed by atoms with Crippen molar-refractivity contribution in [2.75, 3.05) is 5.32 Å². The van der Waals surface area contributed by atoms with Gasteiger partial charge in [0.05, 0.1) is 11.3 Å². The second-order valence-corrected chi connectivity index (χ2v) is 7.42. The van der Waals surface area contributed by atoms with Crippen LogP contribution in [0.15, 0.2) is 42.5 Å². The van der Waals surface area contributed by atoms with Crippen molar-refractivity contribution in [3.8, 4) is 10.6 Å². The van der Waals surface area contributed by atoms with Gasteiger partial charge >= 0.3 is 6.18 Å². The molecule has 0 radical (unpaired) electrons. The average Bonchev–Trinajstić information content (AvgIpc) is 3.04. The minimum atomic E-state index is -4.38. The van der Waals surface area contributed by atoms with Crippen molar-refractivity contribution in [2.45, 2.75) is 33.4 Å². The van der Waals surface area contributed by atoms with Gasteiger partial charge in [0.25, 0.3) is 5.91 Å². The first kappa shape index (κ1) is 20.1. The predicted molar refractivity (Wildman–Crippen MR) is 106 cm³/mol. The van der Waals surface area contributed by atoms with Crippen LogP contribution in [-0.4, -0.2) is 10.9 Å². The molecule has 1 aromatic heterocycles. The molecule has 7 heteroatoms. The number of benzene rings is 2. The number of thiazole rings is 1. The molecule has 3 nitrogen and oxygen atoms in total. The molecule has 0 fully saturated rings. The standard InChI is InChI=1S/C21H19F3N2OS/c1-4-14-7-5-6-12(2)17(14)26-19(27)18-13(3)25-20(28-18)15-8-10-16(11-9-15)21(22,23)24/h5-11H,4H2,1-3H3,(H,26,27). The first-order valence-electron chi connectivity index (χ1n) is 8.75. The van der Waals surface area contributed by atoms with E-state index in [9.17, 15) is 18.0 Å². The van der Waals surface area contributed by atoms with Crippen molar-refractivity contribution in [2.24, 2.45) is 0 Å². The number of para-hydroxylation sites is 1. The topological polar surface area (TPSA) is 42.0 Å². The fourth-order valence-electron chi connectivity index (χ4n) is 2.90. The van der Waals surface area contributed by atoms with Gasteiger partial charge in [-0.3, -0.25) is 4.79 Å². The number of nitrogens with one attached hydrogen (secondary N) is 1. The molecule has 0 bridgehead atoms. The number of carbonyl (C=O) groups excluding carboxylic acids is 1. The molecule has 0 saturated carbocycles. The smallest absolute Gasteiger partial charge is 0.321 e. The maximum atomic E-state index is 12.8. The molecule has 28 heavy (non-hydrogen) atoms. The number of hydrogen-bond donors (Lipinski definition) is 1. The van der Waals surface area contributed by atoms with E-state index in [-0.39, 0.29) is 5.91 Å². The Kier molecular flexibility index (Phi) is 5.56. The molecule has 0 aliphatic rings. The number of halogens is 3. The zero-order chi connectivity index (χ0) is 20.5. The van der Waals surface area contributed by atoms with Crippen LogP contribution >= 0.6 is 11.3 Å². The summed E-state index contributed by atoms with van der Waals surface area (Å²) in [4.78, 5) is 17.6.